The first-order valence-electron chi connectivity index (χ1n) is 5.75. The summed E-state index contributed by atoms with van der Waals surface area (Å²) in [4.78, 5) is 23.8. The van der Waals surface area contributed by atoms with Crippen molar-refractivity contribution in [2.75, 3.05) is 13.1 Å². The lowest BCUT2D eigenvalue weighted by atomic mass is 10.1. The van der Waals surface area contributed by atoms with E-state index in [-0.39, 0.29) is 28.7 Å². The van der Waals surface area contributed by atoms with Crippen LogP contribution in [-0.2, 0) is 0 Å². The Morgan fingerprint density at radius 1 is 1.53 bits per heavy atom. The molecule has 0 bridgehead atoms. The molecule has 1 amide bonds. The molecule has 19 heavy (non-hydrogen) atoms. The van der Waals surface area contributed by atoms with Gasteiger partial charge in [0.1, 0.15) is 0 Å². The van der Waals surface area contributed by atoms with Crippen LogP contribution < -0.4 is 0 Å². The van der Waals surface area contributed by atoms with Gasteiger partial charge in [-0.25, -0.2) is 0 Å². The number of β-amino-alcohol motifs (C(OH)–C–C–N with tert-alkyl or cyclic N) is 1. The molecule has 7 heteroatoms. The molecule has 1 aliphatic heterocycles. The van der Waals surface area contributed by atoms with Crippen molar-refractivity contribution in [2.45, 2.75) is 18.9 Å². The van der Waals surface area contributed by atoms with Gasteiger partial charge in [0.25, 0.3) is 11.6 Å². The van der Waals surface area contributed by atoms with E-state index in [1.807, 2.05) is 0 Å². The normalized spacial score (nSPS) is 22.6. The number of nitro benzene ring substituents is 1. The monoisotopic (exact) mass is 284 g/mol. The fourth-order valence-corrected chi connectivity index (χ4v) is 2.33. The van der Waals surface area contributed by atoms with Crippen LogP contribution in [0.2, 0.25) is 5.02 Å². The van der Waals surface area contributed by atoms with Crippen molar-refractivity contribution in [1.82, 2.24) is 4.90 Å². The Hall–Kier alpha value is -1.66. The number of aliphatic hydroxyl groups is 1. The number of carbonyl (C=O) groups is 1. The smallest absolute Gasteiger partial charge is 0.271 e. The van der Waals surface area contributed by atoms with Gasteiger partial charge in [-0.05, 0) is 19.4 Å². The Labute approximate surface area is 114 Å². The Bertz CT molecular complexity index is 545. The number of non-ortho nitro benzene ring substituents is 1. The molecular weight excluding hydrogens is 272 g/mol. The average Bonchev–Trinajstić information content (AvgIpc) is 2.68. The molecule has 2 rings (SSSR count). The van der Waals surface area contributed by atoms with Crippen molar-refractivity contribution >= 4 is 23.2 Å². The molecule has 0 saturated carbocycles. The van der Waals surface area contributed by atoms with Crippen molar-refractivity contribution < 1.29 is 14.8 Å². The van der Waals surface area contributed by atoms with E-state index in [0.717, 1.165) is 0 Å². The molecule has 6 nitrogen and oxygen atoms in total. The second kappa shape index (κ2) is 4.79. The van der Waals surface area contributed by atoms with Crippen LogP contribution in [0.1, 0.15) is 23.7 Å². The van der Waals surface area contributed by atoms with E-state index in [4.69, 9.17) is 11.6 Å². The van der Waals surface area contributed by atoms with Gasteiger partial charge >= 0.3 is 0 Å². The van der Waals surface area contributed by atoms with Gasteiger partial charge < -0.3 is 10.0 Å². The summed E-state index contributed by atoms with van der Waals surface area (Å²) in [6, 6.07) is 3.78. The van der Waals surface area contributed by atoms with Crippen molar-refractivity contribution in [1.29, 1.82) is 0 Å². The highest BCUT2D eigenvalue weighted by molar-refractivity contribution is 6.31. The zero-order chi connectivity index (χ0) is 14.2. The number of nitrogens with zero attached hydrogens (tertiary/aromatic N) is 2. The quantitative estimate of drug-likeness (QED) is 0.663. The molecule has 0 spiro atoms. The molecule has 1 aromatic rings. The lowest BCUT2D eigenvalue weighted by molar-refractivity contribution is -0.384. The van der Waals surface area contributed by atoms with Crippen LogP contribution in [-0.4, -0.2) is 39.5 Å². The third-order valence-electron chi connectivity index (χ3n) is 3.08. The van der Waals surface area contributed by atoms with Gasteiger partial charge in [0, 0.05) is 35.8 Å². The third kappa shape index (κ3) is 3.02. The van der Waals surface area contributed by atoms with E-state index in [1.165, 1.54) is 23.1 Å². The second-order valence-electron chi connectivity index (χ2n) is 4.93. The Morgan fingerprint density at radius 2 is 2.21 bits per heavy atom. The van der Waals surface area contributed by atoms with Gasteiger partial charge in [-0.1, -0.05) is 11.6 Å². The molecule has 1 unspecified atom stereocenters. The molecule has 1 fully saturated rings. The lowest BCUT2D eigenvalue weighted by Crippen LogP contribution is -2.33. The number of benzene rings is 1. The minimum Gasteiger partial charge on any atom is -0.388 e. The van der Waals surface area contributed by atoms with Crippen molar-refractivity contribution in [2.24, 2.45) is 0 Å². The summed E-state index contributed by atoms with van der Waals surface area (Å²) < 4.78 is 0. The molecule has 0 aliphatic carbocycles. The zero-order valence-corrected chi connectivity index (χ0v) is 11.1. The molecule has 1 aromatic carbocycles. The summed E-state index contributed by atoms with van der Waals surface area (Å²) in [5.74, 6) is -0.358. The van der Waals surface area contributed by atoms with E-state index >= 15 is 0 Å². The van der Waals surface area contributed by atoms with Crippen molar-refractivity contribution in [3.05, 3.63) is 38.9 Å². The Kier molecular flexibility index (Phi) is 3.47. The summed E-state index contributed by atoms with van der Waals surface area (Å²) >= 11 is 5.78. The lowest BCUT2D eigenvalue weighted by Gasteiger charge is -2.19. The van der Waals surface area contributed by atoms with Crippen LogP contribution >= 0.6 is 11.6 Å². The molecule has 1 saturated heterocycles. The van der Waals surface area contributed by atoms with Gasteiger partial charge in [-0.15, -0.1) is 0 Å². The molecule has 0 radical (unpaired) electrons. The first-order chi connectivity index (χ1) is 8.78. The minimum atomic E-state index is -0.903. The summed E-state index contributed by atoms with van der Waals surface area (Å²) in [7, 11) is 0. The van der Waals surface area contributed by atoms with Crippen LogP contribution in [0.5, 0.6) is 0 Å². The number of hydrogen-bond donors (Lipinski definition) is 1. The minimum absolute atomic E-state index is 0.142. The maximum Gasteiger partial charge on any atom is 0.271 e. The zero-order valence-electron chi connectivity index (χ0n) is 10.3. The predicted octanol–water partition coefficient (Wildman–Crippen LogP) is 1.85. The topological polar surface area (TPSA) is 83.7 Å². The van der Waals surface area contributed by atoms with Gasteiger partial charge in [0.2, 0.25) is 0 Å². The number of amides is 1. The molecule has 1 N–H and O–H groups in total. The molecule has 0 aromatic heterocycles. The van der Waals surface area contributed by atoms with E-state index in [2.05, 4.69) is 0 Å². The van der Waals surface area contributed by atoms with Gasteiger partial charge in [-0.3, -0.25) is 14.9 Å². The summed E-state index contributed by atoms with van der Waals surface area (Å²) in [6.07, 6.45) is 0.487. The number of rotatable bonds is 2. The highest BCUT2D eigenvalue weighted by Crippen LogP contribution is 2.25. The Morgan fingerprint density at radius 3 is 2.74 bits per heavy atom. The highest BCUT2D eigenvalue weighted by atomic mass is 35.5. The summed E-state index contributed by atoms with van der Waals surface area (Å²) in [5, 5.41) is 20.7. The molecule has 1 atom stereocenters. The molecular formula is C12H13ClN2O4. The van der Waals surface area contributed by atoms with Crippen molar-refractivity contribution in [3.63, 3.8) is 0 Å². The number of carbonyl (C=O) groups excluding carboxylic acids is 1. The van der Waals surface area contributed by atoms with Crippen LogP contribution in [0.25, 0.3) is 0 Å². The van der Waals surface area contributed by atoms with Crippen LogP contribution in [0, 0.1) is 10.1 Å². The van der Waals surface area contributed by atoms with E-state index in [0.29, 0.717) is 13.0 Å². The maximum atomic E-state index is 12.2. The van der Waals surface area contributed by atoms with Crippen LogP contribution in [0.3, 0.4) is 0 Å². The first-order valence-corrected chi connectivity index (χ1v) is 6.13. The van der Waals surface area contributed by atoms with Gasteiger partial charge in [0.15, 0.2) is 0 Å². The number of nitro groups is 1. The summed E-state index contributed by atoms with van der Waals surface area (Å²) in [6.45, 7) is 2.29. The van der Waals surface area contributed by atoms with E-state index < -0.39 is 10.5 Å². The summed E-state index contributed by atoms with van der Waals surface area (Å²) in [5.41, 5.74) is -0.959. The fraction of sp³-hybridized carbons (Fsp3) is 0.417. The second-order valence-corrected chi connectivity index (χ2v) is 5.37. The standard InChI is InChI=1S/C12H13ClN2O4/c1-12(17)2-3-14(7-12)11(16)8-4-9(13)6-10(5-8)15(18)19/h4-6,17H,2-3,7H2,1H3. The number of halogens is 1. The predicted molar refractivity (Wildman–Crippen MR) is 69.3 cm³/mol. The highest BCUT2D eigenvalue weighted by Gasteiger charge is 2.34. The average molecular weight is 285 g/mol. The van der Waals surface area contributed by atoms with Crippen LogP contribution in [0.15, 0.2) is 18.2 Å². The first kappa shape index (κ1) is 13.8. The maximum absolute atomic E-state index is 12.2. The number of hydrogen-bond acceptors (Lipinski definition) is 4. The molecule has 102 valence electrons. The van der Waals surface area contributed by atoms with E-state index in [9.17, 15) is 20.0 Å². The largest absolute Gasteiger partial charge is 0.388 e. The third-order valence-corrected chi connectivity index (χ3v) is 3.30. The Balaban J connectivity index is 2.27. The number of likely N-dealkylation sites (tertiary alicyclic amines) is 1. The molecule has 1 aliphatic rings. The van der Waals surface area contributed by atoms with E-state index in [1.54, 1.807) is 6.92 Å². The SMILES string of the molecule is CC1(O)CCN(C(=O)c2cc(Cl)cc([N+](=O)[O-])c2)C1. The fourth-order valence-electron chi connectivity index (χ4n) is 2.10. The molecule has 1 heterocycles. The van der Waals surface area contributed by atoms with Gasteiger partial charge in [0.05, 0.1) is 10.5 Å². The van der Waals surface area contributed by atoms with Crippen LogP contribution in [0.4, 0.5) is 5.69 Å². The van der Waals surface area contributed by atoms with Crippen molar-refractivity contribution in [3.8, 4) is 0 Å². The van der Waals surface area contributed by atoms with Gasteiger partial charge in [-0.2, -0.15) is 0 Å².